The zero-order chi connectivity index (χ0) is 12.3. The molecule has 0 heterocycles. The van der Waals surface area contributed by atoms with Crippen molar-refractivity contribution in [3.63, 3.8) is 0 Å². The number of benzene rings is 1. The van der Waals surface area contributed by atoms with E-state index in [-0.39, 0.29) is 11.7 Å². The maximum atomic E-state index is 11.8. The number of aromatic hydroxyl groups is 1. The molecule has 1 aromatic carbocycles. The number of hydrogen-bond acceptors (Lipinski definition) is 3. The van der Waals surface area contributed by atoms with Gasteiger partial charge in [0.15, 0.2) is 0 Å². The van der Waals surface area contributed by atoms with E-state index in [1.807, 2.05) is 0 Å². The Hall–Kier alpha value is -1.55. The van der Waals surface area contributed by atoms with Crippen LogP contribution in [0, 0.1) is 6.92 Å². The van der Waals surface area contributed by atoms with Crippen LogP contribution < -0.4 is 5.32 Å². The minimum Gasteiger partial charge on any atom is -0.508 e. The van der Waals surface area contributed by atoms with E-state index in [4.69, 9.17) is 4.74 Å². The van der Waals surface area contributed by atoms with Crippen LogP contribution >= 0.6 is 0 Å². The Labute approximate surface area is 95.2 Å². The number of amides is 1. The summed E-state index contributed by atoms with van der Waals surface area (Å²) in [6.45, 7) is 5.10. The van der Waals surface area contributed by atoms with Crippen LogP contribution in [0.2, 0.25) is 0 Å². The van der Waals surface area contributed by atoms with Crippen molar-refractivity contribution in [1.82, 2.24) is 0 Å². The molecule has 1 amide bonds. The maximum Gasteiger partial charge on any atom is 0.256 e. The maximum absolute atomic E-state index is 11.8. The number of ether oxygens (including phenoxy) is 1. The van der Waals surface area contributed by atoms with E-state index in [1.165, 1.54) is 7.11 Å². The van der Waals surface area contributed by atoms with E-state index in [0.29, 0.717) is 11.3 Å². The number of methoxy groups -OCH3 is 1. The molecule has 2 N–H and O–H groups in total. The lowest BCUT2D eigenvalue weighted by molar-refractivity contribution is -0.133. The van der Waals surface area contributed by atoms with Crippen LogP contribution in [-0.4, -0.2) is 23.7 Å². The molecule has 0 saturated heterocycles. The lowest BCUT2D eigenvalue weighted by atomic mass is 10.1. The monoisotopic (exact) mass is 223 g/mol. The van der Waals surface area contributed by atoms with E-state index >= 15 is 0 Å². The third kappa shape index (κ3) is 2.52. The molecule has 0 atom stereocenters. The second-order valence-electron chi connectivity index (χ2n) is 4.12. The average molecular weight is 223 g/mol. The minimum absolute atomic E-state index is 0.160. The number of hydrogen-bond donors (Lipinski definition) is 2. The van der Waals surface area contributed by atoms with Crippen LogP contribution in [0.3, 0.4) is 0 Å². The lowest BCUT2D eigenvalue weighted by Gasteiger charge is -2.22. The highest BCUT2D eigenvalue weighted by molar-refractivity contribution is 5.97. The van der Waals surface area contributed by atoms with Gasteiger partial charge in [0.2, 0.25) is 0 Å². The molecule has 4 heteroatoms. The molecule has 0 aliphatic rings. The Morgan fingerprint density at radius 2 is 2.06 bits per heavy atom. The number of rotatable bonds is 3. The summed E-state index contributed by atoms with van der Waals surface area (Å²) in [4.78, 5) is 11.8. The third-order valence-electron chi connectivity index (χ3n) is 2.61. The summed E-state index contributed by atoms with van der Waals surface area (Å²) in [6, 6.07) is 4.99. The van der Waals surface area contributed by atoms with Crippen LogP contribution in [0.25, 0.3) is 0 Å². The van der Waals surface area contributed by atoms with Crippen molar-refractivity contribution in [1.29, 1.82) is 0 Å². The van der Waals surface area contributed by atoms with Gasteiger partial charge < -0.3 is 15.2 Å². The highest BCUT2D eigenvalue weighted by atomic mass is 16.5. The molecular weight excluding hydrogens is 206 g/mol. The molecule has 4 nitrogen and oxygen atoms in total. The van der Waals surface area contributed by atoms with Gasteiger partial charge in [0.1, 0.15) is 11.4 Å². The largest absolute Gasteiger partial charge is 0.508 e. The quantitative estimate of drug-likeness (QED) is 0.824. The first-order valence-corrected chi connectivity index (χ1v) is 5.03. The standard InChI is InChI=1S/C12H17NO3/c1-8-9(6-5-7-10(8)14)13-11(15)12(2,3)16-4/h5-7,14H,1-4H3,(H,13,15). The summed E-state index contributed by atoms with van der Waals surface area (Å²) in [6.07, 6.45) is 0. The van der Waals surface area contributed by atoms with Gasteiger partial charge in [-0.25, -0.2) is 0 Å². The van der Waals surface area contributed by atoms with Gasteiger partial charge in [-0.05, 0) is 32.9 Å². The molecule has 0 radical (unpaired) electrons. The van der Waals surface area contributed by atoms with E-state index in [2.05, 4.69) is 5.32 Å². The fraction of sp³-hybridized carbons (Fsp3) is 0.417. The molecule has 0 aliphatic heterocycles. The summed E-state index contributed by atoms with van der Waals surface area (Å²) in [7, 11) is 1.48. The van der Waals surface area contributed by atoms with Crippen molar-refractivity contribution >= 4 is 11.6 Å². The molecule has 0 saturated carbocycles. The number of phenolic OH excluding ortho intramolecular Hbond substituents is 1. The van der Waals surface area contributed by atoms with E-state index in [9.17, 15) is 9.90 Å². The molecule has 0 spiro atoms. The Morgan fingerprint density at radius 3 is 2.62 bits per heavy atom. The zero-order valence-electron chi connectivity index (χ0n) is 10.00. The fourth-order valence-corrected chi connectivity index (χ4v) is 1.12. The van der Waals surface area contributed by atoms with Crippen LogP contribution in [0.1, 0.15) is 19.4 Å². The third-order valence-corrected chi connectivity index (χ3v) is 2.61. The minimum atomic E-state index is -0.891. The van der Waals surface area contributed by atoms with Crippen molar-refractivity contribution in [2.75, 3.05) is 12.4 Å². The summed E-state index contributed by atoms with van der Waals surface area (Å²) in [5.74, 6) is -0.0864. The first-order chi connectivity index (χ1) is 7.38. The molecular formula is C12H17NO3. The van der Waals surface area contributed by atoms with Crippen molar-refractivity contribution in [3.8, 4) is 5.75 Å². The van der Waals surface area contributed by atoms with Crippen molar-refractivity contribution in [2.45, 2.75) is 26.4 Å². The number of nitrogens with one attached hydrogen (secondary N) is 1. The molecule has 0 fully saturated rings. The highest BCUT2D eigenvalue weighted by Crippen LogP contribution is 2.24. The molecule has 88 valence electrons. The molecule has 0 aromatic heterocycles. The number of phenols is 1. The van der Waals surface area contributed by atoms with Crippen LogP contribution in [-0.2, 0) is 9.53 Å². The molecule has 1 rings (SSSR count). The molecule has 16 heavy (non-hydrogen) atoms. The molecule has 1 aromatic rings. The predicted molar refractivity (Wildman–Crippen MR) is 62.6 cm³/mol. The van der Waals surface area contributed by atoms with Gasteiger partial charge in [-0.3, -0.25) is 4.79 Å². The van der Waals surface area contributed by atoms with Gasteiger partial charge in [-0.1, -0.05) is 6.07 Å². The van der Waals surface area contributed by atoms with Crippen LogP contribution in [0.4, 0.5) is 5.69 Å². The van der Waals surface area contributed by atoms with Gasteiger partial charge >= 0.3 is 0 Å². The molecule has 0 unspecified atom stereocenters. The zero-order valence-corrected chi connectivity index (χ0v) is 10.00. The topological polar surface area (TPSA) is 58.6 Å². The van der Waals surface area contributed by atoms with Crippen LogP contribution in [0.15, 0.2) is 18.2 Å². The van der Waals surface area contributed by atoms with Gasteiger partial charge in [0.25, 0.3) is 5.91 Å². The van der Waals surface area contributed by atoms with Crippen molar-refractivity contribution < 1.29 is 14.6 Å². The van der Waals surface area contributed by atoms with Crippen molar-refractivity contribution in [2.24, 2.45) is 0 Å². The average Bonchev–Trinajstić information content (AvgIpc) is 2.24. The predicted octanol–water partition coefficient (Wildman–Crippen LogP) is 2.06. The summed E-state index contributed by atoms with van der Waals surface area (Å²) in [5, 5.41) is 12.2. The van der Waals surface area contributed by atoms with Gasteiger partial charge in [-0.2, -0.15) is 0 Å². The SMILES string of the molecule is COC(C)(C)C(=O)Nc1cccc(O)c1C. The number of anilines is 1. The van der Waals surface area contributed by atoms with Gasteiger partial charge in [-0.15, -0.1) is 0 Å². The molecule has 0 aliphatic carbocycles. The number of carbonyl (C=O) groups is 1. The highest BCUT2D eigenvalue weighted by Gasteiger charge is 2.27. The van der Waals surface area contributed by atoms with Crippen LogP contribution in [0.5, 0.6) is 5.75 Å². The Bertz CT molecular complexity index is 399. The Balaban J connectivity index is 2.90. The summed E-state index contributed by atoms with van der Waals surface area (Å²) in [5.41, 5.74) is 0.343. The summed E-state index contributed by atoms with van der Waals surface area (Å²) >= 11 is 0. The smallest absolute Gasteiger partial charge is 0.256 e. The normalized spacial score (nSPS) is 11.2. The van der Waals surface area contributed by atoms with E-state index < -0.39 is 5.60 Å². The van der Waals surface area contributed by atoms with Gasteiger partial charge in [0.05, 0.1) is 0 Å². The van der Waals surface area contributed by atoms with Crippen molar-refractivity contribution in [3.05, 3.63) is 23.8 Å². The molecule has 0 bridgehead atoms. The number of carbonyl (C=O) groups excluding carboxylic acids is 1. The van der Waals surface area contributed by atoms with E-state index in [0.717, 1.165) is 0 Å². The second-order valence-corrected chi connectivity index (χ2v) is 4.12. The Kier molecular flexibility index (Phi) is 3.55. The van der Waals surface area contributed by atoms with E-state index in [1.54, 1.807) is 39.0 Å². The van der Waals surface area contributed by atoms with Gasteiger partial charge in [0, 0.05) is 18.4 Å². The fourth-order valence-electron chi connectivity index (χ4n) is 1.12. The summed E-state index contributed by atoms with van der Waals surface area (Å²) < 4.78 is 5.07. The lowest BCUT2D eigenvalue weighted by Crippen LogP contribution is -2.38. The first kappa shape index (κ1) is 12.5. The Morgan fingerprint density at radius 1 is 1.44 bits per heavy atom. The second kappa shape index (κ2) is 4.53. The first-order valence-electron chi connectivity index (χ1n) is 5.03.